The lowest BCUT2D eigenvalue weighted by Gasteiger charge is -1.87. The van der Waals surface area contributed by atoms with Crippen LogP contribution in [0.4, 0.5) is 0 Å². The number of amides is 1. The number of nitrogens with two attached hydrogens (primary N) is 4. The van der Waals surface area contributed by atoms with Crippen LogP contribution in [-0.2, 0) is 4.79 Å². The van der Waals surface area contributed by atoms with Crippen LogP contribution in [0.2, 0.25) is 0 Å². The second-order valence-electron chi connectivity index (χ2n) is 2.29. The van der Waals surface area contributed by atoms with Crippen molar-refractivity contribution in [1.82, 2.24) is 0 Å². The maximum Gasteiger partial charge on any atom is 0.217 e. The van der Waals surface area contributed by atoms with Crippen molar-refractivity contribution < 1.29 is 4.79 Å². The van der Waals surface area contributed by atoms with E-state index in [1.807, 2.05) is 0 Å². The first-order valence-corrected chi connectivity index (χ1v) is 4.07. The second kappa shape index (κ2) is 13.0. The van der Waals surface area contributed by atoms with E-state index in [0.29, 0.717) is 19.4 Å². The third-order valence-corrected chi connectivity index (χ3v) is 1.04. The highest BCUT2D eigenvalue weighted by Crippen LogP contribution is 1.80. The van der Waals surface area contributed by atoms with Crippen LogP contribution in [0, 0.1) is 0 Å². The Kier molecular flexibility index (Phi) is 15.0. The van der Waals surface area contributed by atoms with Crippen LogP contribution in [-0.4, -0.2) is 25.5 Å². The molecule has 0 spiro atoms. The van der Waals surface area contributed by atoms with Gasteiger partial charge in [-0.1, -0.05) is 0 Å². The summed E-state index contributed by atoms with van der Waals surface area (Å²) in [6.45, 7) is 1.98. The summed E-state index contributed by atoms with van der Waals surface area (Å²) in [4.78, 5) is 9.92. The van der Waals surface area contributed by atoms with E-state index in [4.69, 9.17) is 22.9 Å². The first-order valence-electron chi connectivity index (χ1n) is 4.07. The minimum Gasteiger partial charge on any atom is -0.370 e. The van der Waals surface area contributed by atoms with Crippen molar-refractivity contribution in [1.29, 1.82) is 0 Å². The number of primary amides is 1. The molecule has 5 nitrogen and oxygen atoms in total. The Hall–Kier alpha value is -0.650. The Morgan fingerprint density at radius 2 is 1.33 bits per heavy atom. The lowest BCUT2D eigenvalue weighted by molar-refractivity contribution is -0.118. The lowest BCUT2D eigenvalue weighted by atomic mass is 10.3. The van der Waals surface area contributed by atoms with Gasteiger partial charge in [-0.05, 0) is 32.5 Å². The Labute approximate surface area is 73.5 Å². The normalized spacial score (nSPS) is 8.58. The molecule has 0 aliphatic carbocycles. The first-order chi connectivity index (χ1) is 5.68. The van der Waals surface area contributed by atoms with Gasteiger partial charge in [0.15, 0.2) is 0 Å². The van der Waals surface area contributed by atoms with Crippen molar-refractivity contribution in [3.63, 3.8) is 0 Å². The quantitative estimate of drug-likeness (QED) is 0.407. The number of carbonyl (C=O) groups excluding carboxylic acids is 1. The van der Waals surface area contributed by atoms with E-state index in [2.05, 4.69) is 0 Å². The van der Waals surface area contributed by atoms with E-state index in [0.717, 1.165) is 19.5 Å². The average Bonchev–Trinajstić information content (AvgIpc) is 2.03. The van der Waals surface area contributed by atoms with Gasteiger partial charge in [0.2, 0.25) is 5.91 Å². The summed E-state index contributed by atoms with van der Waals surface area (Å²) in [6, 6.07) is 0. The highest BCUT2D eigenvalue weighted by molar-refractivity contribution is 5.73. The molecule has 0 unspecified atom stereocenters. The molecule has 0 bridgehead atoms. The van der Waals surface area contributed by atoms with Gasteiger partial charge in [0, 0.05) is 6.42 Å². The molecule has 0 heterocycles. The molecule has 0 atom stereocenters. The van der Waals surface area contributed by atoms with Crippen LogP contribution < -0.4 is 22.9 Å². The van der Waals surface area contributed by atoms with Crippen molar-refractivity contribution in [2.45, 2.75) is 19.3 Å². The van der Waals surface area contributed by atoms with E-state index in [1.165, 1.54) is 0 Å². The van der Waals surface area contributed by atoms with Crippen LogP contribution in [0.15, 0.2) is 0 Å². The van der Waals surface area contributed by atoms with E-state index in [1.54, 1.807) is 0 Å². The van der Waals surface area contributed by atoms with Crippen LogP contribution in [0.1, 0.15) is 19.3 Å². The van der Waals surface area contributed by atoms with Gasteiger partial charge in [0.1, 0.15) is 0 Å². The third kappa shape index (κ3) is 22.8. The van der Waals surface area contributed by atoms with Gasteiger partial charge in [-0.15, -0.1) is 0 Å². The van der Waals surface area contributed by atoms with E-state index >= 15 is 0 Å². The molecule has 0 aliphatic heterocycles. The van der Waals surface area contributed by atoms with Crippen molar-refractivity contribution in [3.8, 4) is 0 Å². The molecule has 8 N–H and O–H groups in total. The molecule has 5 heteroatoms. The molecule has 0 rings (SSSR count). The first kappa shape index (κ1) is 13.9. The molecular formula is C7H20N4O. The van der Waals surface area contributed by atoms with Crippen LogP contribution in [0.5, 0.6) is 0 Å². The van der Waals surface area contributed by atoms with Gasteiger partial charge < -0.3 is 22.9 Å². The molecule has 12 heavy (non-hydrogen) atoms. The minimum atomic E-state index is -0.273. The Balaban J connectivity index is 0. The largest absolute Gasteiger partial charge is 0.370 e. The molecule has 0 saturated carbocycles. The van der Waals surface area contributed by atoms with Gasteiger partial charge in [-0.25, -0.2) is 0 Å². The summed E-state index contributed by atoms with van der Waals surface area (Å²) in [6.07, 6.45) is 2.06. The molecule has 1 amide bonds. The predicted octanol–water partition coefficient (Wildman–Crippen LogP) is -1.50. The van der Waals surface area contributed by atoms with Gasteiger partial charge in [-0.2, -0.15) is 0 Å². The average molecular weight is 176 g/mol. The standard InChI is InChI=1S/C4H10N2O.C3H10N2/c5-3-1-2-4(6)7;4-2-1-3-5/h1-3,5H2,(H2,6,7);1-5H2. The number of carbonyl (C=O) groups is 1. The van der Waals surface area contributed by atoms with E-state index < -0.39 is 0 Å². The molecule has 0 aromatic rings. The summed E-state index contributed by atoms with van der Waals surface area (Å²) >= 11 is 0. The highest BCUT2D eigenvalue weighted by Gasteiger charge is 1.88. The topological polar surface area (TPSA) is 121 Å². The molecule has 0 aromatic heterocycles. The monoisotopic (exact) mass is 176 g/mol. The highest BCUT2D eigenvalue weighted by atomic mass is 16.1. The van der Waals surface area contributed by atoms with Crippen LogP contribution in [0.3, 0.4) is 0 Å². The SMILES string of the molecule is NCCCC(N)=O.NCCCN. The molecule has 0 fully saturated rings. The minimum absolute atomic E-state index is 0.273. The van der Waals surface area contributed by atoms with Crippen molar-refractivity contribution in [2.24, 2.45) is 22.9 Å². The zero-order chi connectivity index (χ0) is 9.82. The summed E-state index contributed by atoms with van der Waals surface area (Å²) < 4.78 is 0. The molecular weight excluding hydrogens is 156 g/mol. The van der Waals surface area contributed by atoms with Crippen molar-refractivity contribution in [3.05, 3.63) is 0 Å². The van der Waals surface area contributed by atoms with Gasteiger partial charge in [0.05, 0.1) is 0 Å². The Bertz CT molecular complexity index is 95.4. The molecule has 0 radical (unpaired) electrons. The predicted molar refractivity (Wildman–Crippen MR) is 50.2 cm³/mol. The van der Waals surface area contributed by atoms with Gasteiger partial charge >= 0.3 is 0 Å². The van der Waals surface area contributed by atoms with Crippen molar-refractivity contribution >= 4 is 5.91 Å². The molecule has 74 valence electrons. The number of hydrogen-bond acceptors (Lipinski definition) is 4. The third-order valence-electron chi connectivity index (χ3n) is 1.04. The van der Waals surface area contributed by atoms with Crippen molar-refractivity contribution in [2.75, 3.05) is 19.6 Å². The van der Waals surface area contributed by atoms with E-state index in [-0.39, 0.29) is 5.91 Å². The molecule has 0 aliphatic rings. The zero-order valence-corrected chi connectivity index (χ0v) is 7.46. The Morgan fingerprint density at radius 1 is 0.917 bits per heavy atom. The second-order valence-corrected chi connectivity index (χ2v) is 2.29. The number of hydrogen-bond donors (Lipinski definition) is 4. The fourth-order valence-corrected chi connectivity index (χ4v) is 0.394. The summed E-state index contributed by atoms with van der Waals surface area (Å²) in [5.74, 6) is -0.273. The zero-order valence-electron chi connectivity index (χ0n) is 7.46. The summed E-state index contributed by atoms with van der Waals surface area (Å²) in [7, 11) is 0. The summed E-state index contributed by atoms with van der Waals surface area (Å²) in [5.41, 5.74) is 20.0. The van der Waals surface area contributed by atoms with Crippen LogP contribution >= 0.6 is 0 Å². The van der Waals surface area contributed by atoms with Gasteiger partial charge in [0.25, 0.3) is 0 Å². The van der Waals surface area contributed by atoms with E-state index in [9.17, 15) is 4.79 Å². The lowest BCUT2D eigenvalue weighted by Crippen LogP contribution is -2.12. The number of rotatable bonds is 5. The summed E-state index contributed by atoms with van der Waals surface area (Å²) in [5, 5.41) is 0. The maximum absolute atomic E-state index is 9.92. The van der Waals surface area contributed by atoms with Gasteiger partial charge in [-0.3, -0.25) is 4.79 Å². The Morgan fingerprint density at radius 3 is 1.42 bits per heavy atom. The molecule has 0 aromatic carbocycles. The fourth-order valence-electron chi connectivity index (χ4n) is 0.394. The maximum atomic E-state index is 9.92. The fraction of sp³-hybridized carbons (Fsp3) is 0.857. The van der Waals surface area contributed by atoms with Crippen LogP contribution in [0.25, 0.3) is 0 Å². The smallest absolute Gasteiger partial charge is 0.217 e. The molecule has 0 saturated heterocycles.